The van der Waals surface area contributed by atoms with Crippen LogP contribution in [0.2, 0.25) is 0 Å². The van der Waals surface area contributed by atoms with E-state index in [1.807, 2.05) is 6.07 Å². The molecule has 1 aromatic carbocycles. The molecular formula is C17H23FN2O. The van der Waals surface area contributed by atoms with Crippen molar-refractivity contribution in [2.24, 2.45) is 5.92 Å². The molecule has 0 unspecified atom stereocenters. The third kappa shape index (κ3) is 3.26. The van der Waals surface area contributed by atoms with Gasteiger partial charge in [0.1, 0.15) is 5.82 Å². The maximum Gasteiger partial charge on any atom is 0.223 e. The molecule has 0 radical (unpaired) electrons. The first-order valence-corrected chi connectivity index (χ1v) is 7.86. The summed E-state index contributed by atoms with van der Waals surface area (Å²) in [7, 11) is 0. The monoisotopic (exact) mass is 290 g/mol. The number of nitrogens with one attached hydrogen (secondary N) is 2. The first-order valence-electron chi connectivity index (χ1n) is 7.86. The summed E-state index contributed by atoms with van der Waals surface area (Å²) in [5.41, 5.74) is 0.984. The molecule has 114 valence electrons. The van der Waals surface area contributed by atoms with Gasteiger partial charge in [-0.1, -0.05) is 12.1 Å². The highest BCUT2D eigenvalue weighted by atomic mass is 19.1. The molecule has 1 saturated heterocycles. The van der Waals surface area contributed by atoms with Crippen LogP contribution < -0.4 is 10.6 Å². The second-order valence-corrected chi connectivity index (χ2v) is 6.58. The highest BCUT2D eigenvalue weighted by Crippen LogP contribution is 2.47. The normalized spacial score (nSPS) is 27.1. The smallest absolute Gasteiger partial charge is 0.223 e. The van der Waals surface area contributed by atoms with Gasteiger partial charge in [0.05, 0.1) is 0 Å². The number of carbonyl (C=O) groups excluding carboxylic acids is 1. The molecule has 0 spiro atoms. The Kier molecular flexibility index (Phi) is 3.98. The van der Waals surface area contributed by atoms with Gasteiger partial charge in [-0.05, 0) is 56.8 Å². The minimum atomic E-state index is -0.197. The van der Waals surface area contributed by atoms with E-state index in [4.69, 9.17) is 0 Å². The van der Waals surface area contributed by atoms with Crippen molar-refractivity contribution in [1.29, 1.82) is 0 Å². The van der Waals surface area contributed by atoms with Crippen LogP contribution >= 0.6 is 0 Å². The van der Waals surface area contributed by atoms with Gasteiger partial charge in [-0.25, -0.2) is 4.39 Å². The Bertz CT molecular complexity index is 527. The van der Waals surface area contributed by atoms with Gasteiger partial charge in [-0.2, -0.15) is 0 Å². The van der Waals surface area contributed by atoms with Crippen LogP contribution in [0.15, 0.2) is 24.3 Å². The Hall–Kier alpha value is -1.42. The SMILES string of the molecule is C[C@H]1C[C@@H](C(=O)NCC2(c3cccc(F)c3)CC2)CCN1. The van der Waals surface area contributed by atoms with E-state index in [9.17, 15) is 9.18 Å². The lowest BCUT2D eigenvalue weighted by Gasteiger charge is -2.28. The van der Waals surface area contributed by atoms with Crippen LogP contribution in [0.5, 0.6) is 0 Å². The van der Waals surface area contributed by atoms with Crippen molar-refractivity contribution in [2.45, 2.75) is 44.1 Å². The third-order valence-electron chi connectivity index (χ3n) is 4.89. The molecule has 0 aromatic heterocycles. The minimum absolute atomic E-state index is 0.0315. The minimum Gasteiger partial charge on any atom is -0.355 e. The summed E-state index contributed by atoms with van der Waals surface area (Å²) in [5, 5.41) is 6.47. The van der Waals surface area contributed by atoms with Gasteiger partial charge < -0.3 is 10.6 Å². The number of halogens is 1. The van der Waals surface area contributed by atoms with Crippen molar-refractivity contribution in [3.05, 3.63) is 35.6 Å². The van der Waals surface area contributed by atoms with Gasteiger partial charge in [0.15, 0.2) is 0 Å². The number of amides is 1. The number of piperidine rings is 1. The van der Waals surface area contributed by atoms with Crippen LogP contribution in [-0.2, 0) is 10.2 Å². The number of benzene rings is 1. The Morgan fingerprint density at radius 2 is 2.29 bits per heavy atom. The molecule has 1 amide bonds. The zero-order valence-electron chi connectivity index (χ0n) is 12.5. The third-order valence-corrected chi connectivity index (χ3v) is 4.89. The molecule has 3 nitrogen and oxygen atoms in total. The quantitative estimate of drug-likeness (QED) is 0.894. The zero-order chi connectivity index (χ0) is 14.9. The van der Waals surface area contributed by atoms with E-state index in [0.29, 0.717) is 12.6 Å². The predicted molar refractivity (Wildman–Crippen MR) is 80.5 cm³/mol. The molecule has 1 saturated carbocycles. The summed E-state index contributed by atoms with van der Waals surface area (Å²) in [4.78, 5) is 12.3. The summed E-state index contributed by atoms with van der Waals surface area (Å²) < 4.78 is 13.4. The molecule has 2 fully saturated rings. The van der Waals surface area contributed by atoms with Crippen LogP contribution in [0.3, 0.4) is 0 Å². The number of rotatable bonds is 4. The van der Waals surface area contributed by atoms with Crippen molar-refractivity contribution in [2.75, 3.05) is 13.1 Å². The Balaban J connectivity index is 1.58. The largest absolute Gasteiger partial charge is 0.355 e. The first-order chi connectivity index (χ1) is 10.1. The van der Waals surface area contributed by atoms with Crippen molar-refractivity contribution in [3.63, 3.8) is 0 Å². The molecule has 2 N–H and O–H groups in total. The van der Waals surface area contributed by atoms with Gasteiger partial charge in [0.25, 0.3) is 0 Å². The number of hydrogen-bond acceptors (Lipinski definition) is 2. The van der Waals surface area contributed by atoms with Gasteiger partial charge in [0.2, 0.25) is 5.91 Å². The Morgan fingerprint density at radius 3 is 2.95 bits per heavy atom. The topological polar surface area (TPSA) is 41.1 Å². The first kappa shape index (κ1) is 14.5. The van der Waals surface area contributed by atoms with E-state index in [1.165, 1.54) is 6.07 Å². The molecule has 4 heteroatoms. The van der Waals surface area contributed by atoms with Gasteiger partial charge in [-0.15, -0.1) is 0 Å². The maximum absolute atomic E-state index is 13.4. The molecule has 1 aliphatic carbocycles. The lowest BCUT2D eigenvalue weighted by atomic mass is 9.91. The zero-order valence-corrected chi connectivity index (χ0v) is 12.5. The van der Waals surface area contributed by atoms with Crippen LogP contribution in [0, 0.1) is 11.7 Å². The molecule has 2 atom stereocenters. The van der Waals surface area contributed by atoms with E-state index in [0.717, 1.165) is 37.8 Å². The number of hydrogen-bond donors (Lipinski definition) is 2. The Labute approximate surface area is 125 Å². The molecule has 1 aliphatic heterocycles. The van der Waals surface area contributed by atoms with Crippen molar-refractivity contribution in [3.8, 4) is 0 Å². The second kappa shape index (κ2) is 5.76. The lowest BCUT2D eigenvalue weighted by Crippen LogP contribution is -2.44. The lowest BCUT2D eigenvalue weighted by molar-refractivity contribution is -0.126. The second-order valence-electron chi connectivity index (χ2n) is 6.58. The predicted octanol–water partition coefficient (Wildman–Crippen LogP) is 2.36. The van der Waals surface area contributed by atoms with E-state index in [-0.39, 0.29) is 23.1 Å². The molecular weight excluding hydrogens is 267 g/mol. The molecule has 0 bridgehead atoms. The molecule has 3 rings (SSSR count). The molecule has 2 aliphatic rings. The molecule has 1 heterocycles. The van der Waals surface area contributed by atoms with Gasteiger partial charge in [-0.3, -0.25) is 4.79 Å². The average Bonchev–Trinajstić information content (AvgIpc) is 3.26. The van der Waals surface area contributed by atoms with E-state index < -0.39 is 0 Å². The van der Waals surface area contributed by atoms with Gasteiger partial charge >= 0.3 is 0 Å². The van der Waals surface area contributed by atoms with Gasteiger partial charge in [0, 0.05) is 23.9 Å². The fraction of sp³-hybridized carbons (Fsp3) is 0.588. The fourth-order valence-corrected chi connectivity index (χ4v) is 3.31. The summed E-state index contributed by atoms with van der Waals surface area (Å²) >= 11 is 0. The standard InChI is InChI=1S/C17H23FN2O/c1-12-9-13(5-8-19-12)16(21)20-11-17(6-7-17)14-3-2-4-15(18)10-14/h2-4,10,12-13,19H,5-9,11H2,1H3,(H,20,21)/t12-,13-/m0/s1. The summed E-state index contributed by atoms with van der Waals surface area (Å²) in [6.07, 6.45) is 3.86. The molecule has 21 heavy (non-hydrogen) atoms. The maximum atomic E-state index is 13.4. The van der Waals surface area contributed by atoms with E-state index in [1.54, 1.807) is 12.1 Å². The van der Waals surface area contributed by atoms with E-state index >= 15 is 0 Å². The average molecular weight is 290 g/mol. The highest BCUT2D eigenvalue weighted by molar-refractivity contribution is 5.79. The van der Waals surface area contributed by atoms with Crippen LogP contribution in [0.25, 0.3) is 0 Å². The molecule has 1 aromatic rings. The summed E-state index contributed by atoms with van der Waals surface area (Å²) in [6.45, 7) is 3.66. The van der Waals surface area contributed by atoms with Crippen molar-refractivity contribution >= 4 is 5.91 Å². The van der Waals surface area contributed by atoms with Crippen LogP contribution in [-0.4, -0.2) is 25.0 Å². The number of carbonyl (C=O) groups is 1. The Morgan fingerprint density at radius 1 is 1.48 bits per heavy atom. The highest BCUT2D eigenvalue weighted by Gasteiger charge is 2.44. The van der Waals surface area contributed by atoms with E-state index in [2.05, 4.69) is 17.6 Å². The summed E-state index contributed by atoms with van der Waals surface area (Å²) in [5.74, 6) is 0.0767. The van der Waals surface area contributed by atoms with Crippen LogP contribution in [0.1, 0.15) is 38.2 Å². The van der Waals surface area contributed by atoms with Crippen molar-refractivity contribution in [1.82, 2.24) is 10.6 Å². The van der Waals surface area contributed by atoms with Crippen molar-refractivity contribution < 1.29 is 9.18 Å². The van der Waals surface area contributed by atoms with Crippen LogP contribution in [0.4, 0.5) is 4.39 Å². The fourth-order valence-electron chi connectivity index (χ4n) is 3.31. The summed E-state index contributed by atoms with van der Waals surface area (Å²) in [6, 6.07) is 7.20.